The quantitative estimate of drug-likeness (QED) is 0.641. The highest BCUT2D eigenvalue weighted by Crippen LogP contribution is 2.32. The van der Waals surface area contributed by atoms with E-state index in [0.29, 0.717) is 0 Å². The zero-order valence-corrected chi connectivity index (χ0v) is 16.8. The summed E-state index contributed by atoms with van der Waals surface area (Å²) in [5.41, 5.74) is 4.84. The maximum Gasteiger partial charge on any atom is 0.209 e. The number of nitrogens with one attached hydrogen (secondary N) is 1. The molecule has 0 saturated carbocycles. The van der Waals surface area contributed by atoms with E-state index in [2.05, 4.69) is 52.5 Å². The van der Waals surface area contributed by atoms with Crippen LogP contribution in [0.3, 0.4) is 0 Å². The largest absolute Gasteiger partial charge is 0.343 e. The van der Waals surface area contributed by atoms with Gasteiger partial charge in [-0.1, -0.05) is 53.8 Å². The van der Waals surface area contributed by atoms with Gasteiger partial charge in [-0.3, -0.25) is 9.69 Å². The normalized spacial score (nSPS) is 14.8. The fourth-order valence-corrected chi connectivity index (χ4v) is 4.27. The Kier molecular flexibility index (Phi) is 5.69. The molecule has 0 radical (unpaired) electrons. The molecule has 0 unspecified atom stereocenters. The van der Waals surface area contributed by atoms with Crippen molar-refractivity contribution >= 4 is 28.6 Å². The predicted octanol–water partition coefficient (Wildman–Crippen LogP) is 4.14. The smallest absolute Gasteiger partial charge is 0.209 e. The summed E-state index contributed by atoms with van der Waals surface area (Å²) in [6.07, 6.45) is 2.87. The maximum atomic E-state index is 10.9. The molecule has 0 atom stereocenters. The lowest BCUT2D eigenvalue weighted by Crippen LogP contribution is -2.45. The van der Waals surface area contributed by atoms with Crippen molar-refractivity contribution in [1.29, 1.82) is 0 Å². The summed E-state index contributed by atoms with van der Waals surface area (Å²) in [6.45, 7) is 6.52. The van der Waals surface area contributed by atoms with E-state index >= 15 is 0 Å². The molecule has 3 aromatic rings. The van der Waals surface area contributed by atoms with Crippen molar-refractivity contribution in [3.63, 3.8) is 0 Å². The van der Waals surface area contributed by atoms with Crippen LogP contribution in [0.2, 0.25) is 0 Å². The van der Waals surface area contributed by atoms with Crippen molar-refractivity contribution in [3.8, 4) is 10.4 Å². The number of rotatable bonds is 6. The number of thiazole rings is 1. The summed E-state index contributed by atoms with van der Waals surface area (Å²) in [4.78, 5) is 20.8. The molecule has 4 rings (SSSR count). The van der Waals surface area contributed by atoms with E-state index in [1.165, 1.54) is 16.7 Å². The van der Waals surface area contributed by atoms with Gasteiger partial charge in [0.05, 0.1) is 4.88 Å². The molecule has 2 aromatic carbocycles. The van der Waals surface area contributed by atoms with Crippen LogP contribution < -0.4 is 5.32 Å². The Hall–Kier alpha value is -2.70. The Morgan fingerprint density at radius 3 is 2.61 bits per heavy atom. The number of benzene rings is 2. The molecule has 1 aliphatic heterocycles. The first kappa shape index (κ1) is 18.7. The lowest BCUT2D eigenvalue weighted by atomic mass is 10.1. The molecule has 1 N–H and O–H groups in total. The molecule has 28 heavy (non-hydrogen) atoms. The van der Waals surface area contributed by atoms with Crippen LogP contribution in [0.15, 0.2) is 54.7 Å². The first-order chi connectivity index (χ1) is 13.7. The molecule has 1 aromatic heterocycles. The van der Waals surface area contributed by atoms with Crippen LogP contribution in [-0.4, -0.2) is 47.4 Å². The Labute approximate surface area is 169 Å². The highest BCUT2D eigenvalue weighted by atomic mass is 32.1. The van der Waals surface area contributed by atoms with Gasteiger partial charge in [-0.15, -0.1) is 0 Å². The van der Waals surface area contributed by atoms with Crippen molar-refractivity contribution in [3.05, 3.63) is 65.9 Å². The zero-order chi connectivity index (χ0) is 19.3. The number of carbonyl (C=O) groups is 1. The van der Waals surface area contributed by atoms with Crippen LogP contribution in [0.25, 0.3) is 10.4 Å². The van der Waals surface area contributed by atoms with E-state index in [1.807, 2.05) is 29.3 Å². The first-order valence-electron chi connectivity index (χ1n) is 9.51. The SMILES string of the molecule is Cc1c(CN2CCN(C=O)CC2)cccc1Nc1ncc(-c2ccccc2)s1. The van der Waals surface area contributed by atoms with Crippen LogP contribution in [0, 0.1) is 6.92 Å². The molecule has 5 nitrogen and oxygen atoms in total. The van der Waals surface area contributed by atoms with Crippen molar-refractivity contribution in [1.82, 2.24) is 14.8 Å². The number of hydrogen-bond donors (Lipinski definition) is 1. The molecule has 1 amide bonds. The summed E-state index contributed by atoms with van der Waals surface area (Å²) in [7, 11) is 0. The number of carbonyl (C=O) groups excluding carboxylic acids is 1. The Balaban J connectivity index is 1.45. The van der Waals surface area contributed by atoms with Crippen molar-refractivity contribution in [2.75, 3.05) is 31.5 Å². The van der Waals surface area contributed by atoms with Gasteiger partial charge in [0.25, 0.3) is 0 Å². The molecule has 1 fully saturated rings. The monoisotopic (exact) mass is 392 g/mol. The maximum absolute atomic E-state index is 10.9. The number of piperazine rings is 1. The number of amides is 1. The minimum absolute atomic E-state index is 0.807. The topological polar surface area (TPSA) is 48.5 Å². The second-order valence-electron chi connectivity index (χ2n) is 7.03. The average molecular weight is 393 g/mol. The van der Waals surface area contributed by atoms with E-state index in [1.54, 1.807) is 11.3 Å². The molecule has 0 bridgehead atoms. The highest BCUT2D eigenvalue weighted by molar-refractivity contribution is 7.18. The van der Waals surface area contributed by atoms with Gasteiger partial charge in [0.2, 0.25) is 6.41 Å². The average Bonchev–Trinajstić information content (AvgIpc) is 3.21. The minimum Gasteiger partial charge on any atom is -0.343 e. The van der Waals surface area contributed by atoms with Gasteiger partial charge >= 0.3 is 0 Å². The fraction of sp³-hybridized carbons (Fsp3) is 0.273. The van der Waals surface area contributed by atoms with E-state index < -0.39 is 0 Å². The molecule has 144 valence electrons. The van der Waals surface area contributed by atoms with E-state index in [0.717, 1.165) is 54.8 Å². The van der Waals surface area contributed by atoms with Gasteiger partial charge < -0.3 is 10.2 Å². The van der Waals surface area contributed by atoms with Crippen molar-refractivity contribution in [2.45, 2.75) is 13.5 Å². The van der Waals surface area contributed by atoms with E-state index in [-0.39, 0.29) is 0 Å². The second-order valence-corrected chi connectivity index (χ2v) is 8.06. The molecule has 0 aliphatic carbocycles. The van der Waals surface area contributed by atoms with Crippen LogP contribution >= 0.6 is 11.3 Å². The first-order valence-corrected chi connectivity index (χ1v) is 10.3. The summed E-state index contributed by atoms with van der Waals surface area (Å²) in [5.74, 6) is 0. The number of anilines is 2. The summed E-state index contributed by atoms with van der Waals surface area (Å²) in [5, 5.41) is 4.39. The van der Waals surface area contributed by atoms with Gasteiger partial charge in [0.1, 0.15) is 0 Å². The molecular weight excluding hydrogens is 368 g/mol. The molecular formula is C22H24N4OS. The number of nitrogens with zero attached hydrogens (tertiary/aromatic N) is 3. The third kappa shape index (κ3) is 4.24. The third-order valence-electron chi connectivity index (χ3n) is 5.20. The van der Waals surface area contributed by atoms with Crippen LogP contribution in [0.1, 0.15) is 11.1 Å². The van der Waals surface area contributed by atoms with Gasteiger partial charge in [-0.2, -0.15) is 0 Å². The van der Waals surface area contributed by atoms with E-state index in [4.69, 9.17) is 0 Å². The molecule has 2 heterocycles. The summed E-state index contributed by atoms with van der Waals surface area (Å²) >= 11 is 1.66. The summed E-state index contributed by atoms with van der Waals surface area (Å²) in [6, 6.07) is 16.7. The van der Waals surface area contributed by atoms with Crippen molar-refractivity contribution < 1.29 is 4.79 Å². The Morgan fingerprint density at radius 2 is 1.86 bits per heavy atom. The number of hydrogen-bond acceptors (Lipinski definition) is 5. The van der Waals surface area contributed by atoms with Crippen LogP contribution in [-0.2, 0) is 11.3 Å². The predicted molar refractivity (Wildman–Crippen MR) is 115 cm³/mol. The van der Waals surface area contributed by atoms with Gasteiger partial charge in [-0.05, 0) is 29.7 Å². The minimum atomic E-state index is 0.807. The molecule has 0 spiro atoms. The molecule has 6 heteroatoms. The van der Waals surface area contributed by atoms with Gasteiger partial charge in [0.15, 0.2) is 5.13 Å². The van der Waals surface area contributed by atoms with Crippen LogP contribution in [0.4, 0.5) is 10.8 Å². The fourth-order valence-electron chi connectivity index (χ4n) is 3.44. The van der Waals surface area contributed by atoms with Gasteiger partial charge in [0, 0.05) is 44.6 Å². The number of aromatic nitrogens is 1. The standard InChI is InChI=1S/C22H24N4OS/c1-17-19(15-25-10-12-26(16-27)13-11-25)8-5-9-20(17)24-22-23-14-21(28-22)18-6-3-2-4-7-18/h2-9,14,16H,10-13,15H2,1H3,(H,23,24). The van der Waals surface area contributed by atoms with Crippen molar-refractivity contribution in [2.24, 2.45) is 0 Å². The van der Waals surface area contributed by atoms with Gasteiger partial charge in [-0.25, -0.2) is 4.98 Å². The Bertz CT molecular complexity index is 933. The second kappa shape index (κ2) is 8.54. The lowest BCUT2D eigenvalue weighted by Gasteiger charge is -2.32. The molecule has 1 aliphatic rings. The van der Waals surface area contributed by atoms with E-state index in [9.17, 15) is 4.79 Å². The molecule has 1 saturated heterocycles. The lowest BCUT2D eigenvalue weighted by molar-refractivity contribution is -0.119. The zero-order valence-electron chi connectivity index (χ0n) is 16.0. The Morgan fingerprint density at radius 1 is 1.07 bits per heavy atom. The highest BCUT2D eigenvalue weighted by Gasteiger charge is 2.17. The van der Waals surface area contributed by atoms with Crippen LogP contribution in [0.5, 0.6) is 0 Å². The third-order valence-corrected chi connectivity index (χ3v) is 6.16. The summed E-state index contributed by atoms with van der Waals surface area (Å²) < 4.78 is 0.